The van der Waals surface area contributed by atoms with Crippen LogP contribution >= 0.6 is 0 Å². The van der Waals surface area contributed by atoms with Crippen LogP contribution in [0, 0.1) is 11.8 Å². The van der Waals surface area contributed by atoms with Crippen molar-refractivity contribution < 1.29 is 0 Å². The fourth-order valence-corrected chi connectivity index (χ4v) is 2.40. The normalized spacial score (nSPS) is 21.8. The Labute approximate surface area is 101 Å². The molecule has 2 heteroatoms. The molecule has 2 atom stereocenters. The Kier molecular flexibility index (Phi) is 5.77. The van der Waals surface area contributed by atoms with Crippen molar-refractivity contribution in [2.24, 2.45) is 17.6 Å². The molecule has 0 aliphatic heterocycles. The summed E-state index contributed by atoms with van der Waals surface area (Å²) < 4.78 is 0. The van der Waals surface area contributed by atoms with Gasteiger partial charge in [-0.25, -0.2) is 0 Å². The Morgan fingerprint density at radius 3 is 2.50 bits per heavy atom. The maximum absolute atomic E-state index is 5.99. The van der Waals surface area contributed by atoms with Crippen molar-refractivity contribution in [1.29, 1.82) is 0 Å². The highest BCUT2D eigenvalue weighted by molar-refractivity contribution is 4.90. The lowest BCUT2D eigenvalue weighted by atomic mass is 9.84. The van der Waals surface area contributed by atoms with Gasteiger partial charge in [0.25, 0.3) is 0 Å². The van der Waals surface area contributed by atoms with Crippen molar-refractivity contribution in [1.82, 2.24) is 5.32 Å². The monoisotopic (exact) mass is 226 g/mol. The van der Waals surface area contributed by atoms with Gasteiger partial charge in [-0.1, -0.05) is 40.0 Å². The molecule has 0 bridgehead atoms. The Balaban J connectivity index is 2.34. The van der Waals surface area contributed by atoms with Crippen molar-refractivity contribution in [3.63, 3.8) is 0 Å². The van der Waals surface area contributed by atoms with Gasteiger partial charge in [-0.3, -0.25) is 0 Å². The predicted octanol–water partition coefficient (Wildman–Crippen LogP) is 2.92. The molecule has 0 amide bonds. The van der Waals surface area contributed by atoms with Gasteiger partial charge >= 0.3 is 0 Å². The van der Waals surface area contributed by atoms with E-state index >= 15 is 0 Å². The van der Waals surface area contributed by atoms with E-state index in [1.165, 1.54) is 32.1 Å². The minimum Gasteiger partial charge on any atom is -0.329 e. The number of hydrogen-bond donors (Lipinski definition) is 2. The number of rotatable bonds is 9. The molecule has 1 saturated carbocycles. The summed E-state index contributed by atoms with van der Waals surface area (Å²) in [6.45, 7) is 8.80. The van der Waals surface area contributed by atoms with Gasteiger partial charge in [0.2, 0.25) is 0 Å². The molecular weight excluding hydrogens is 196 g/mol. The summed E-state index contributed by atoms with van der Waals surface area (Å²) in [4.78, 5) is 0. The number of nitrogens with two attached hydrogens (primary N) is 1. The molecule has 16 heavy (non-hydrogen) atoms. The summed E-state index contributed by atoms with van der Waals surface area (Å²) in [7, 11) is 0. The Bertz CT molecular complexity index is 183. The van der Waals surface area contributed by atoms with Crippen LogP contribution in [-0.2, 0) is 0 Å². The Hall–Kier alpha value is -0.0800. The summed E-state index contributed by atoms with van der Waals surface area (Å²) in [6, 6.07) is 0. The SMILES string of the molecule is CCC(C)CC(CC)(CN)NCCC1CC1. The summed E-state index contributed by atoms with van der Waals surface area (Å²) in [6.07, 6.45) is 7.89. The third kappa shape index (κ3) is 4.42. The molecule has 0 radical (unpaired) electrons. The molecule has 0 heterocycles. The second-order valence-corrected chi connectivity index (χ2v) is 5.71. The largest absolute Gasteiger partial charge is 0.329 e. The standard InChI is InChI=1S/C14H30N2/c1-4-12(3)10-14(5-2,11-15)16-9-8-13-6-7-13/h12-13,16H,4-11,15H2,1-3H3. The van der Waals surface area contributed by atoms with Gasteiger partial charge in [0.1, 0.15) is 0 Å². The van der Waals surface area contributed by atoms with Gasteiger partial charge in [0, 0.05) is 12.1 Å². The zero-order valence-corrected chi connectivity index (χ0v) is 11.4. The average Bonchev–Trinajstić information content (AvgIpc) is 3.11. The van der Waals surface area contributed by atoms with Gasteiger partial charge < -0.3 is 11.1 Å². The van der Waals surface area contributed by atoms with Gasteiger partial charge in [-0.15, -0.1) is 0 Å². The molecule has 1 rings (SSSR count). The van der Waals surface area contributed by atoms with Crippen LogP contribution in [0.1, 0.15) is 59.3 Å². The van der Waals surface area contributed by atoms with E-state index in [1.54, 1.807) is 0 Å². The van der Waals surface area contributed by atoms with Crippen molar-refractivity contribution >= 4 is 0 Å². The van der Waals surface area contributed by atoms with Crippen LogP contribution in [0.25, 0.3) is 0 Å². The van der Waals surface area contributed by atoms with E-state index < -0.39 is 0 Å². The maximum Gasteiger partial charge on any atom is 0.0303 e. The summed E-state index contributed by atoms with van der Waals surface area (Å²) in [5.41, 5.74) is 6.19. The average molecular weight is 226 g/mol. The van der Waals surface area contributed by atoms with Crippen molar-refractivity contribution in [3.8, 4) is 0 Å². The van der Waals surface area contributed by atoms with E-state index in [-0.39, 0.29) is 5.54 Å². The predicted molar refractivity (Wildman–Crippen MR) is 71.5 cm³/mol. The lowest BCUT2D eigenvalue weighted by Gasteiger charge is -2.35. The smallest absolute Gasteiger partial charge is 0.0303 e. The Morgan fingerprint density at radius 2 is 2.06 bits per heavy atom. The second kappa shape index (κ2) is 6.61. The van der Waals surface area contributed by atoms with E-state index in [2.05, 4.69) is 26.1 Å². The minimum absolute atomic E-state index is 0.199. The fraction of sp³-hybridized carbons (Fsp3) is 1.00. The molecule has 3 N–H and O–H groups in total. The van der Waals surface area contributed by atoms with Crippen molar-refractivity contribution in [2.45, 2.75) is 64.8 Å². The van der Waals surface area contributed by atoms with Crippen LogP contribution < -0.4 is 11.1 Å². The maximum atomic E-state index is 5.99. The fourth-order valence-electron chi connectivity index (χ4n) is 2.40. The highest BCUT2D eigenvalue weighted by atomic mass is 15.0. The van der Waals surface area contributed by atoms with Gasteiger partial charge in [-0.2, -0.15) is 0 Å². The summed E-state index contributed by atoms with van der Waals surface area (Å²) in [5.74, 6) is 1.79. The first-order chi connectivity index (χ1) is 7.65. The lowest BCUT2D eigenvalue weighted by Crippen LogP contribution is -2.52. The van der Waals surface area contributed by atoms with E-state index in [0.29, 0.717) is 0 Å². The second-order valence-electron chi connectivity index (χ2n) is 5.71. The molecule has 0 spiro atoms. The topological polar surface area (TPSA) is 38.0 Å². The molecule has 0 saturated heterocycles. The highest BCUT2D eigenvalue weighted by Crippen LogP contribution is 2.32. The quantitative estimate of drug-likeness (QED) is 0.634. The summed E-state index contributed by atoms with van der Waals surface area (Å²) >= 11 is 0. The third-order valence-corrected chi connectivity index (χ3v) is 4.25. The molecule has 0 aromatic carbocycles. The van der Waals surface area contributed by atoms with Crippen LogP contribution in [0.4, 0.5) is 0 Å². The van der Waals surface area contributed by atoms with Crippen LogP contribution in [0.15, 0.2) is 0 Å². The Morgan fingerprint density at radius 1 is 1.38 bits per heavy atom. The summed E-state index contributed by atoms with van der Waals surface area (Å²) in [5, 5.41) is 3.74. The first-order valence-corrected chi connectivity index (χ1v) is 7.11. The third-order valence-electron chi connectivity index (χ3n) is 4.25. The molecule has 0 aromatic heterocycles. The van der Waals surface area contributed by atoms with Gasteiger partial charge in [0.15, 0.2) is 0 Å². The molecule has 2 unspecified atom stereocenters. The number of nitrogens with one attached hydrogen (secondary N) is 1. The van der Waals surface area contributed by atoms with Crippen LogP contribution in [0.3, 0.4) is 0 Å². The van der Waals surface area contributed by atoms with E-state index in [9.17, 15) is 0 Å². The first kappa shape index (κ1) is 14.0. The van der Waals surface area contributed by atoms with E-state index in [4.69, 9.17) is 5.73 Å². The van der Waals surface area contributed by atoms with Crippen LogP contribution in [0.5, 0.6) is 0 Å². The minimum atomic E-state index is 0.199. The molecule has 1 fully saturated rings. The number of hydrogen-bond acceptors (Lipinski definition) is 2. The molecule has 0 aromatic rings. The van der Waals surface area contributed by atoms with E-state index in [0.717, 1.165) is 31.3 Å². The van der Waals surface area contributed by atoms with Crippen LogP contribution in [0.2, 0.25) is 0 Å². The highest BCUT2D eigenvalue weighted by Gasteiger charge is 2.28. The van der Waals surface area contributed by atoms with Gasteiger partial charge in [-0.05, 0) is 37.6 Å². The zero-order chi connectivity index (χ0) is 12.0. The molecule has 1 aliphatic carbocycles. The van der Waals surface area contributed by atoms with E-state index in [1.807, 2.05) is 0 Å². The first-order valence-electron chi connectivity index (χ1n) is 7.11. The molecule has 1 aliphatic rings. The van der Waals surface area contributed by atoms with Crippen molar-refractivity contribution in [3.05, 3.63) is 0 Å². The zero-order valence-electron chi connectivity index (χ0n) is 11.4. The van der Waals surface area contributed by atoms with Crippen LogP contribution in [-0.4, -0.2) is 18.6 Å². The molecule has 96 valence electrons. The van der Waals surface area contributed by atoms with Gasteiger partial charge in [0.05, 0.1) is 0 Å². The van der Waals surface area contributed by atoms with Crippen molar-refractivity contribution in [2.75, 3.05) is 13.1 Å². The molecular formula is C14H30N2. The lowest BCUT2D eigenvalue weighted by molar-refractivity contribution is 0.252. The molecule has 2 nitrogen and oxygen atoms in total.